The largest absolute Gasteiger partial charge is 0.494 e. The molecule has 0 saturated carbocycles. The maximum Gasteiger partial charge on any atom is 0.348 e. The molecule has 0 unspecified atom stereocenters. The number of carbonyl (C=O) groups is 2. The van der Waals surface area contributed by atoms with Crippen molar-refractivity contribution < 1.29 is 28.2 Å². The normalized spacial score (nSPS) is 10.6. The second-order valence-electron chi connectivity index (χ2n) is 5.97. The Morgan fingerprint density at radius 1 is 1.03 bits per heavy atom. The van der Waals surface area contributed by atoms with Crippen LogP contribution in [0.1, 0.15) is 16.6 Å². The first-order valence-electron chi connectivity index (χ1n) is 9.03. The van der Waals surface area contributed by atoms with Crippen molar-refractivity contribution in [3.8, 4) is 11.5 Å². The molecule has 1 aromatic heterocycles. The highest BCUT2D eigenvalue weighted by atomic mass is 32.1. The van der Waals surface area contributed by atoms with E-state index in [1.165, 1.54) is 23.5 Å². The van der Waals surface area contributed by atoms with Gasteiger partial charge in [-0.3, -0.25) is 4.79 Å². The molecule has 152 valence electrons. The molecule has 1 amide bonds. The SMILES string of the molecule is CCOc1ccc(OCCNC(=O)COC(=O)c2cc3cc(F)ccc3s2)cc1. The van der Waals surface area contributed by atoms with Crippen LogP contribution in [0.25, 0.3) is 10.1 Å². The first-order chi connectivity index (χ1) is 14.0. The summed E-state index contributed by atoms with van der Waals surface area (Å²) in [6, 6.07) is 13.0. The molecule has 0 bridgehead atoms. The Labute approximate surface area is 171 Å². The van der Waals surface area contributed by atoms with Gasteiger partial charge in [-0.1, -0.05) is 0 Å². The summed E-state index contributed by atoms with van der Waals surface area (Å²) in [6.07, 6.45) is 0. The van der Waals surface area contributed by atoms with Crippen LogP contribution in [0, 0.1) is 5.82 Å². The number of carbonyl (C=O) groups excluding carboxylic acids is 2. The number of esters is 1. The Morgan fingerprint density at radius 2 is 1.76 bits per heavy atom. The summed E-state index contributed by atoms with van der Waals surface area (Å²) in [5.74, 6) is 0.00399. The van der Waals surface area contributed by atoms with E-state index in [2.05, 4.69) is 5.32 Å². The molecule has 0 atom stereocenters. The molecule has 8 heteroatoms. The molecule has 0 saturated heterocycles. The molecule has 1 heterocycles. The lowest BCUT2D eigenvalue weighted by Crippen LogP contribution is -2.32. The summed E-state index contributed by atoms with van der Waals surface area (Å²) in [4.78, 5) is 24.2. The minimum Gasteiger partial charge on any atom is -0.494 e. The number of thiophene rings is 1. The van der Waals surface area contributed by atoms with E-state index in [9.17, 15) is 14.0 Å². The Balaban J connectivity index is 1.37. The summed E-state index contributed by atoms with van der Waals surface area (Å²) in [7, 11) is 0. The van der Waals surface area contributed by atoms with Gasteiger partial charge in [-0.25, -0.2) is 9.18 Å². The lowest BCUT2D eigenvalue weighted by atomic mass is 10.2. The summed E-state index contributed by atoms with van der Waals surface area (Å²) < 4.78 is 29.9. The van der Waals surface area contributed by atoms with Crippen molar-refractivity contribution in [2.24, 2.45) is 0 Å². The average Bonchev–Trinajstić information content (AvgIpc) is 3.14. The molecule has 0 aliphatic heterocycles. The van der Waals surface area contributed by atoms with Crippen molar-refractivity contribution in [2.75, 3.05) is 26.4 Å². The molecular formula is C21H20FNO5S. The molecule has 29 heavy (non-hydrogen) atoms. The number of fused-ring (bicyclic) bond motifs is 1. The molecule has 6 nitrogen and oxygen atoms in total. The van der Waals surface area contributed by atoms with Crippen LogP contribution in [-0.2, 0) is 9.53 Å². The third-order valence-corrected chi connectivity index (χ3v) is 4.94. The van der Waals surface area contributed by atoms with Crippen LogP contribution < -0.4 is 14.8 Å². The maximum absolute atomic E-state index is 13.2. The lowest BCUT2D eigenvalue weighted by Gasteiger charge is -2.09. The number of ether oxygens (including phenoxy) is 3. The van der Waals surface area contributed by atoms with E-state index < -0.39 is 18.5 Å². The van der Waals surface area contributed by atoms with Gasteiger partial charge in [0.1, 0.15) is 28.8 Å². The molecule has 0 radical (unpaired) electrons. The smallest absolute Gasteiger partial charge is 0.348 e. The van der Waals surface area contributed by atoms with Crippen LogP contribution in [0.2, 0.25) is 0 Å². The molecule has 0 spiro atoms. The van der Waals surface area contributed by atoms with Gasteiger partial charge in [0.2, 0.25) is 0 Å². The maximum atomic E-state index is 13.2. The van der Waals surface area contributed by atoms with E-state index >= 15 is 0 Å². The molecule has 0 fully saturated rings. The zero-order chi connectivity index (χ0) is 20.6. The van der Waals surface area contributed by atoms with Gasteiger partial charge >= 0.3 is 5.97 Å². The van der Waals surface area contributed by atoms with Crippen LogP contribution in [0.15, 0.2) is 48.5 Å². The lowest BCUT2D eigenvalue weighted by molar-refractivity contribution is -0.124. The number of nitrogens with one attached hydrogen (secondary N) is 1. The van der Waals surface area contributed by atoms with Crippen LogP contribution in [0.5, 0.6) is 11.5 Å². The van der Waals surface area contributed by atoms with E-state index in [0.717, 1.165) is 10.4 Å². The fourth-order valence-electron chi connectivity index (χ4n) is 2.53. The second-order valence-corrected chi connectivity index (χ2v) is 7.06. The zero-order valence-electron chi connectivity index (χ0n) is 15.8. The van der Waals surface area contributed by atoms with Gasteiger partial charge in [-0.15, -0.1) is 11.3 Å². The standard InChI is InChI=1S/C21H20FNO5S/c1-2-26-16-4-6-17(7-5-16)27-10-9-23-20(24)13-28-21(25)19-12-14-11-15(22)3-8-18(14)29-19/h3-8,11-12H,2,9-10,13H2,1H3,(H,23,24). The predicted molar refractivity (Wildman–Crippen MR) is 108 cm³/mol. The van der Waals surface area contributed by atoms with Gasteiger partial charge in [0, 0.05) is 4.70 Å². The number of rotatable bonds is 9. The van der Waals surface area contributed by atoms with Crippen molar-refractivity contribution in [3.63, 3.8) is 0 Å². The molecule has 0 aliphatic carbocycles. The average molecular weight is 417 g/mol. The van der Waals surface area contributed by atoms with E-state index in [1.54, 1.807) is 36.4 Å². The minimum atomic E-state index is -0.618. The summed E-state index contributed by atoms with van der Waals surface area (Å²) in [5.41, 5.74) is 0. The van der Waals surface area contributed by atoms with Crippen LogP contribution >= 0.6 is 11.3 Å². The molecule has 3 rings (SSSR count). The Bertz CT molecular complexity index is 986. The highest BCUT2D eigenvalue weighted by Crippen LogP contribution is 2.26. The number of hydrogen-bond acceptors (Lipinski definition) is 6. The van der Waals surface area contributed by atoms with Crippen molar-refractivity contribution in [1.82, 2.24) is 5.32 Å². The van der Waals surface area contributed by atoms with Gasteiger partial charge in [0.05, 0.1) is 13.2 Å². The van der Waals surface area contributed by atoms with Crippen molar-refractivity contribution >= 4 is 33.3 Å². The summed E-state index contributed by atoms with van der Waals surface area (Å²) >= 11 is 1.19. The summed E-state index contributed by atoms with van der Waals surface area (Å²) in [5, 5.41) is 3.24. The predicted octanol–water partition coefficient (Wildman–Crippen LogP) is 3.79. The Hall–Kier alpha value is -3.13. The first kappa shape index (κ1) is 20.6. The van der Waals surface area contributed by atoms with E-state index in [4.69, 9.17) is 14.2 Å². The first-order valence-corrected chi connectivity index (χ1v) is 9.85. The van der Waals surface area contributed by atoms with Crippen LogP contribution in [-0.4, -0.2) is 38.2 Å². The van der Waals surface area contributed by atoms with Crippen LogP contribution in [0.3, 0.4) is 0 Å². The van der Waals surface area contributed by atoms with Gasteiger partial charge < -0.3 is 19.5 Å². The second kappa shape index (κ2) is 9.88. The molecule has 0 aliphatic rings. The molecule has 3 aromatic rings. The highest BCUT2D eigenvalue weighted by Gasteiger charge is 2.14. The fourth-order valence-corrected chi connectivity index (χ4v) is 3.46. The molecular weight excluding hydrogens is 397 g/mol. The van der Waals surface area contributed by atoms with Crippen LogP contribution in [0.4, 0.5) is 4.39 Å². The zero-order valence-corrected chi connectivity index (χ0v) is 16.6. The number of hydrogen-bond donors (Lipinski definition) is 1. The highest BCUT2D eigenvalue weighted by molar-refractivity contribution is 7.20. The van der Waals surface area contributed by atoms with E-state index in [0.29, 0.717) is 22.6 Å². The summed E-state index contributed by atoms with van der Waals surface area (Å²) in [6.45, 7) is 2.65. The fraction of sp³-hybridized carbons (Fsp3) is 0.238. The monoisotopic (exact) mass is 417 g/mol. The van der Waals surface area contributed by atoms with E-state index in [-0.39, 0.29) is 19.0 Å². The molecule has 2 aromatic carbocycles. The topological polar surface area (TPSA) is 73.9 Å². The van der Waals surface area contributed by atoms with Gasteiger partial charge in [0.25, 0.3) is 5.91 Å². The van der Waals surface area contributed by atoms with Crippen molar-refractivity contribution in [2.45, 2.75) is 6.92 Å². The van der Waals surface area contributed by atoms with Gasteiger partial charge in [-0.05, 0) is 60.8 Å². The quantitative estimate of drug-likeness (QED) is 0.424. The van der Waals surface area contributed by atoms with Gasteiger partial charge in [-0.2, -0.15) is 0 Å². The minimum absolute atomic E-state index is 0.270. The van der Waals surface area contributed by atoms with E-state index in [1.807, 2.05) is 6.92 Å². The van der Waals surface area contributed by atoms with Crippen molar-refractivity contribution in [3.05, 3.63) is 59.2 Å². The number of amides is 1. The Morgan fingerprint density at radius 3 is 2.48 bits per heavy atom. The van der Waals surface area contributed by atoms with Gasteiger partial charge in [0.15, 0.2) is 6.61 Å². The number of benzene rings is 2. The molecule has 1 N–H and O–H groups in total. The van der Waals surface area contributed by atoms with Crippen molar-refractivity contribution in [1.29, 1.82) is 0 Å². The third-order valence-electron chi connectivity index (χ3n) is 3.84. The number of halogens is 1. The Kier molecular flexibility index (Phi) is 7.02. The third kappa shape index (κ3) is 5.92.